The number of hydrogen-bond donors (Lipinski definition) is 19. The summed E-state index contributed by atoms with van der Waals surface area (Å²) in [6, 6.07) is -0.679. The Morgan fingerprint density at radius 1 is 0.716 bits per heavy atom. The van der Waals surface area contributed by atoms with Gasteiger partial charge in [-0.05, 0) is 110 Å². The van der Waals surface area contributed by atoms with Crippen LogP contribution in [0.5, 0.6) is 46.0 Å². The molecule has 36 heteroatoms. The average molecular weight is 1530 g/mol. The molecule has 18 atom stereocenters. The number of carboxylic acids is 1. The van der Waals surface area contributed by atoms with Crippen LogP contribution in [0, 0.1) is 5.92 Å². The van der Waals surface area contributed by atoms with Crippen LogP contribution in [-0.2, 0) is 52.6 Å². The molecule has 7 aliphatic rings. The number of hydrogen-bond acceptors (Lipinski definition) is 25. The summed E-state index contributed by atoms with van der Waals surface area (Å²) in [6.07, 6.45) is -18.6. The molecule has 7 heterocycles. The van der Waals surface area contributed by atoms with E-state index < -0.39 is 237 Å². The van der Waals surface area contributed by atoms with Gasteiger partial charge in [0.25, 0.3) is 0 Å². The second-order valence-corrected chi connectivity index (χ2v) is 26.5. The maximum atomic E-state index is 16.0. The highest BCUT2D eigenvalue weighted by molar-refractivity contribution is 8.93. The summed E-state index contributed by atoms with van der Waals surface area (Å²) < 4.78 is 38.3. The van der Waals surface area contributed by atoms with Gasteiger partial charge in [0.15, 0.2) is 29.9 Å². The van der Waals surface area contributed by atoms with Crippen LogP contribution in [0.3, 0.4) is 0 Å². The van der Waals surface area contributed by atoms with Crippen molar-refractivity contribution in [1.29, 1.82) is 0 Å². The van der Waals surface area contributed by atoms with E-state index >= 15 is 14.4 Å². The Bertz CT molecular complexity index is 4080. The Morgan fingerprint density at radius 2 is 1.31 bits per heavy atom. The normalized spacial score (nSPS) is 29.1. The highest BCUT2D eigenvalue weighted by Gasteiger charge is 2.51. The third kappa shape index (κ3) is 16.4. The van der Waals surface area contributed by atoms with Crippen molar-refractivity contribution < 1.29 is 118 Å². The zero-order chi connectivity index (χ0) is 73.5. The first kappa shape index (κ1) is 77.4. The number of aliphatic carboxylic acids is 1. The van der Waals surface area contributed by atoms with Crippen LogP contribution in [0.15, 0.2) is 78.9 Å². The number of ether oxygens (including phenoxy) is 6. The number of rotatable bonds is 13. The molecule has 7 aliphatic heterocycles. The first-order chi connectivity index (χ1) is 47.7. The van der Waals surface area contributed by atoms with Crippen LogP contribution in [0.1, 0.15) is 105 Å². The summed E-state index contributed by atoms with van der Waals surface area (Å²) in [7, 11) is 1.47. The summed E-state index contributed by atoms with van der Waals surface area (Å²) >= 11 is 14.1. The van der Waals surface area contributed by atoms with Crippen molar-refractivity contribution in [2.24, 2.45) is 17.4 Å². The van der Waals surface area contributed by atoms with E-state index in [0.717, 1.165) is 66.7 Å². The average Bonchev–Trinajstić information content (AvgIpc) is 0.768. The van der Waals surface area contributed by atoms with Crippen molar-refractivity contribution in [3.8, 4) is 57.1 Å². The number of carbonyl (C=O) groups excluding carboxylic acids is 7. The number of aliphatic hydroxyl groups is 6. The first-order valence-electron chi connectivity index (χ1n) is 31.6. The molecule has 0 spiro atoms. The lowest BCUT2D eigenvalue weighted by Crippen LogP contribution is -2.64. The topological polar surface area (TPSA) is 530 Å². The van der Waals surface area contributed by atoms with Gasteiger partial charge < -0.3 is 128 Å². The Hall–Kier alpha value is -8.72. The zero-order valence-electron chi connectivity index (χ0n) is 54.7. The number of likely N-dealkylation sites (N-methyl/N-ethyl adjacent to an activating group) is 1. The molecule has 550 valence electrons. The van der Waals surface area contributed by atoms with E-state index in [9.17, 15) is 75.0 Å². The highest BCUT2D eigenvalue weighted by atomic mass is 79.9. The number of amides is 7. The molecule has 5 aromatic carbocycles. The van der Waals surface area contributed by atoms with Crippen LogP contribution >= 0.6 is 40.2 Å². The van der Waals surface area contributed by atoms with Crippen molar-refractivity contribution in [1.82, 2.24) is 37.2 Å². The molecular weight excluding hydrogens is 1450 g/mol. The van der Waals surface area contributed by atoms with Crippen LogP contribution in [0.4, 0.5) is 0 Å². The van der Waals surface area contributed by atoms with Gasteiger partial charge in [0.1, 0.15) is 89.5 Å². The number of primary amides is 1. The van der Waals surface area contributed by atoms with E-state index in [4.69, 9.17) is 63.1 Å². The first-order valence-corrected chi connectivity index (χ1v) is 32.4. The summed E-state index contributed by atoms with van der Waals surface area (Å²) in [5.41, 5.74) is 8.00. The molecule has 7 amide bonds. The Labute approximate surface area is 600 Å². The fraction of sp³-hybridized carbons (Fsp3) is 0.424. The van der Waals surface area contributed by atoms with Gasteiger partial charge in [-0.2, -0.15) is 0 Å². The summed E-state index contributed by atoms with van der Waals surface area (Å²) in [4.78, 5) is 117. The van der Waals surface area contributed by atoms with Crippen LogP contribution in [0.2, 0.25) is 10.0 Å². The molecule has 2 saturated heterocycles. The SMILES string of the molecule is Br.CN[C@H](CC(C)C)C(=O)N[C@H]1C(=O)N[C@@H](CC(N)=O)C(=O)N[C@H]2C(=O)N[C@H]3C(=O)N[C@H](C(=O)N[C@H](C(=O)O)c4cc(O)cc(O)c4-c4cc3ccc4O)[C@H](O)c3ccc(c(Cl)c3)Oc3cc2cc(c3O[C@@H]2O[C@H](CO)[C@@H](O)[C@H](O)[C@H]2O[C@H]2C[C@](C)(N)[C@H](O)[C@H](C)O2)Oc2ccc(cc2Cl)[C@H]1O. The molecule has 0 aliphatic carbocycles. The minimum atomic E-state index is -2.35. The predicted octanol–water partition coefficient (Wildman–Crippen LogP) is 0.684. The van der Waals surface area contributed by atoms with Crippen LogP contribution in [-0.4, -0.2) is 191 Å². The van der Waals surface area contributed by atoms with E-state index in [1.54, 1.807) is 0 Å². The molecule has 102 heavy (non-hydrogen) atoms. The van der Waals surface area contributed by atoms with Gasteiger partial charge >= 0.3 is 5.97 Å². The summed E-state index contributed by atoms with van der Waals surface area (Å²) in [5.74, 6) is -16.0. The monoisotopic (exact) mass is 1530 g/mol. The molecule has 21 N–H and O–H groups in total. The van der Waals surface area contributed by atoms with Crippen LogP contribution in [0.25, 0.3) is 11.1 Å². The number of halogens is 3. The molecule has 11 bridgehead atoms. The lowest BCUT2D eigenvalue weighted by Gasteiger charge is -2.47. The van der Waals surface area contributed by atoms with Gasteiger partial charge in [-0.25, -0.2) is 4.79 Å². The lowest BCUT2D eigenvalue weighted by molar-refractivity contribution is -0.333. The van der Waals surface area contributed by atoms with Crippen molar-refractivity contribution >= 4 is 87.5 Å². The van der Waals surface area contributed by atoms with Crippen LogP contribution < -0.4 is 62.9 Å². The minimum Gasteiger partial charge on any atom is -0.508 e. The third-order valence-corrected chi connectivity index (χ3v) is 18.4. The molecule has 0 saturated carbocycles. The van der Waals surface area contributed by atoms with Gasteiger partial charge in [0.2, 0.25) is 53.4 Å². The number of aliphatic hydroxyl groups excluding tert-OH is 6. The second kappa shape index (κ2) is 31.5. The van der Waals surface area contributed by atoms with Crippen molar-refractivity contribution in [2.45, 2.75) is 156 Å². The van der Waals surface area contributed by atoms with E-state index in [1.807, 2.05) is 13.8 Å². The number of benzene rings is 5. The van der Waals surface area contributed by atoms with Gasteiger partial charge in [-0.3, -0.25) is 33.6 Å². The number of phenolic OH excluding ortho intramolecular Hbond substituents is 3. The maximum Gasteiger partial charge on any atom is 0.330 e. The van der Waals surface area contributed by atoms with E-state index in [-0.39, 0.29) is 63.2 Å². The van der Waals surface area contributed by atoms with E-state index in [1.165, 1.54) is 33.0 Å². The lowest BCUT2D eigenvalue weighted by atomic mass is 9.86. The fourth-order valence-corrected chi connectivity index (χ4v) is 12.9. The molecule has 33 nitrogen and oxygen atoms in total. The van der Waals surface area contributed by atoms with Gasteiger partial charge in [-0.1, -0.05) is 55.2 Å². The van der Waals surface area contributed by atoms with Gasteiger partial charge in [0.05, 0.1) is 41.3 Å². The number of nitrogens with two attached hydrogens (primary N) is 2. The number of carbonyl (C=O) groups is 8. The number of carboxylic acid groups (broad SMARTS) is 1. The summed E-state index contributed by atoms with van der Waals surface area (Å²) in [6.45, 7) is 5.66. The minimum absolute atomic E-state index is 0. The maximum absolute atomic E-state index is 16.0. The van der Waals surface area contributed by atoms with Crippen molar-refractivity contribution in [3.63, 3.8) is 0 Å². The summed E-state index contributed by atoms with van der Waals surface area (Å²) in [5, 5.41) is 131. The number of phenols is 3. The molecule has 0 radical (unpaired) electrons. The van der Waals surface area contributed by atoms with E-state index in [0.29, 0.717) is 0 Å². The third-order valence-electron chi connectivity index (χ3n) is 17.8. The quantitative estimate of drug-likeness (QED) is 0.0771. The van der Waals surface area contributed by atoms with E-state index in [2.05, 4.69) is 37.2 Å². The Balaban J connectivity index is 0.0000121. The molecule has 5 aromatic rings. The molecule has 12 rings (SSSR count). The van der Waals surface area contributed by atoms with Crippen molar-refractivity contribution in [3.05, 3.63) is 117 Å². The molecule has 0 unspecified atom stereocenters. The smallest absolute Gasteiger partial charge is 0.330 e. The largest absolute Gasteiger partial charge is 0.508 e. The molecule has 2 fully saturated rings. The number of fused-ring (bicyclic) bond motifs is 15. The Kier molecular flexibility index (Phi) is 23.9. The van der Waals surface area contributed by atoms with Gasteiger partial charge in [0, 0.05) is 34.7 Å². The highest BCUT2D eigenvalue weighted by Crippen LogP contribution is 2.50. The van der Waals surface area contributed by atoms with Crippen molar-refractivity contribution in [2.75, 3.05) is 13.7 Å². The zero-order valence-corrected chi connectivity index (χ0v) is 58.0. The molecular formula is C66H76BrCl2N9O24. The molecule has 0 aromatic heterocycles. The number of aromatic hydroxyl groups is 3. The second-order valence-electron chi connectivity index (χ2n) is 25.7. The number of nitrogens with one attached hydrogen (secondary N) is 7. The Morgan fingerprint density at radius 3 is 1.89 bits per heavy atom. The standard InChI is InChI=1S/C66H75Cl2N9O24.BrH/c1-23(2)12-34(71-5)58(88)76-49-51(83)26-7-10-38(32(67)14-26)97-40-16-28-17-41(55(40)101-65-56(54(86)53(85)42(22-78)99-65)100-44-21-66(4,70)57(87)24(3)96-44)98-39-11-8-27(15-33(39)68)52(84)50-63(93)75-48(64(94)95)31-18-29(79)19-37(81)45(31)30-13-25(6-9-36(30)80)46(60(90)77-50)74-61(91)47(28)73-59(89)35(20-43(69)82)72-62(49)92;/h6-11,13-19,23-24,34-35,42,44,46-54,56-57,65,71,78-81,83-87H,12,20-22,70H2,1-5H3,(H2,69,82)(H,72,92)(H,73,89)(H,74,91)(H,75,93)(H,76,88)(H,77,90)(H,94,95);1H/t24-,34+,35-,42+,44-,46+,47+,48-,49+,50-,51+,52+,53+,54-,56+,57+,65-,66-;/m0./s1. The van der Waals surface area contributed by atoms with Gasteiger partial charge in [-0.15, -0.1) is 17.0 Å². The predicted molar refractivity (Wildman–Crippen MR) is 360 cm³/mol. The fourth-order valence-electron chi connectivity index (χ4n) is 12.5.